The summed E-state index contributed by atoms with van der Waals surface area (Å²) in [6.45, 7) is 0.745. The molecule has 1 aromatic heterocycles. The molecule has 0 aromatic carbocycles. The molecule has 18 heavy (non-hydrogen) atoms. The number of aromatic nitrogens is 2. The minimum absolute atomic E-state index is 0.136. The lowest BCUT2D eigenvalue weighted by molar-refractivity contribution is 0.0941. The predicted octanol–water partition coefficient (Wildman–Crippen LogP) is 1.39. The summed E-state index contributed by atoms with van der Waals surface area (Å²) in [4.78, 5) is 20.0. The lowest BCUT2D eigenvalue weighted by Crippen LogP contribution is -2.31. The predicted molar refractivity (Wildman–Crippen MR) is 74.0 cm³/mol. The highest BCUT2D eigenvalue weighted by Gasteiger charge is 2.15. The molecule has 1 amide bonds. The molecule has 0 unspecified atom stereocenters. The zero-order valence-corrected chi connectivity index (χ0v) is 11.3. The third kappa shape index (κ3) is 3.60. The number of amides is 1. The summed E-state index contributed by atoms with van der Waals surface area (Å²) in [6.07, 6.45) is 5.44. The molecule has 0 atom stereocenters. The van der Waals surface area contributed by atoms with Gasteiger partial charge in [0, 0.05) is 13.6 Å². The van der Waals surface area contributed by atoms with Crippen molar-refractivity contribution in [2.75, 3.05) is 30.4 Å². The fourth-order valence-corrected chi connectivity index (χ4v) is 3.06. The van der Waals surface area contributed by atoms with Crippen molar-refractivity contribution >= 4 is 23.5 Å². The smallest absolute Gasteiger partial charge is 0.271 e. The molecule has 2 rings (SSSR count). The van der Waals surface area contributed by atoms with E-state index in [0.29, 0.717) is 17.4 Å². The minimum Gasteiger partial charge on any atom is -0.372 e. The molecule has 0 saturated carbocycles. The van der Waals surface area contributed by atoms with E-state index in [2.05, 4.69) is 20.6 Å². The first-order valence-electron chi connectivity index (χ1n) is 6.15. The van der Waals surface area contributed by atoms with Gasteiger partial charge in [-0.3, -0.25) is 4.79 Å². The van der Waals surface area contributed by atoms with Gasteiger partial charge in [-0.25, -0.2) is 9.97 Å². The van der Waals surface area contributed by atoms with Gasteiger partial charge in [0.15, 0.2) is 0 Å². The summed E-state index contributed by atoms with van der Waals surface area (Å²) in [5.41, 5.74) is 0.374. The summed E-state index contributed by atoms with van der Waals surface area (Å²) >= 11 is 1.99. The monoisotopic (exact) mass is 266 g/mol. The van der Waals surface area contributed by atoms with Crippen LogP contribution in [0.5, 0.6) is 0 Å². The summed E-state index contributed by atoms with van der Waals surface area (Å²) in [7, 11) is 1.77. The quantitative estimate of drug-likeness (QED) is 0.862. The van der Waals surface area contributed by atoms with Gasteiger partial charge in [-0.05, 0) is 30.3 Å². The number of rotatable bonds is 4. The number of carbonyl (C=O) groups excluding carboxylic acids is 1. The largest absolute Gasteiger partial charge is 0.372 e. The number of carbonyl (C=O) groups is 1. The van der Waals surface area contributed by atoms with Crippen molar-refractivity contribution in [2.24, 2.45) is 5.92 Å². The van der Waals surface area contributed by atoms with Crippen LogP contribution >= 0.6 is 11.8 Å². The molecule has 1 aliphatic rings. The molecule has 1 aromatic rings. The van der Waals surface area contributed by atoms with Crippen molar-refractivity contribution in [3.63, 3.8) is 0 Å². The molecule has 98 valence electrons. The van der Waals surface area contributed by atoms with Gasteiger partial charge in [-0.1, -0.05) is 0 Å². The van der Waals surface area contributed by atoms with Crippen molar-refractivity contribution in [1.29, 1.82) is 0 Å². The van der Waals surface area contributed by atoms with Crippen molar-refractivity contribution < 1.29 is 4.79 Å². The molecule has 2 heterocycles. The fourth-order valence-electron chi connectivity index (χ4n) is 1.85. The Bertz CT molecular complexity index is 390. The maximum atomic E-state index is 11.8. The molecule has 6 heteroatoms. The molecule has 1 aliphatic heterocycles. The Labute approximate surface area is 111 Å². The number of nitrogens with zero attached hydrogens (tertiary/aromatic N) is 2. The van der Waals surface area contributed by atoms with E-state index in [0.717, 1.165) is 6.54 Å². The van der Waals surface area contributed by atoms with Crippen LogP contribution in [0.2, 0.25) is 0 Å². The summed E-state index contributed by atoms with van der Waals surface area (Å²) < 4.78 is 0. The van der Waals surface area contributed by atoms with Crippen LogP contribution in [0.4, 0.5) is 5.82 Å². The summed E-state index contributed by atoms with van der Waals surface area (Å²) in [5, 5.41) is 5.80. The van der Waals surface area contributed by atoms with Gasteiger partial charge >= 0.3 is 0 Å². The number of anilines is 1. The first kappa shape index (κ1) is 13.1. The third-order valence-corrected chi connectivity index (χ3v) is 4.08. The van der Waals surface area contributed by atoms with Crippen LogP contribution in [-0.2, 0) is 0 Å². The molecule has 0 aliphatic carbocycles. The average Bonchev–Trinajstić information content (AvgIpc) is 2.46. The van der Waals surface area contributed by atoms with Crippen molar-refractivity contribution in [1.82, 2.24) is 15.3 Å². The lowest BCUT2D eigenvalue weighted by Gasteiger charge is -2.21. The third-order valence-electron chi connectivity index (χ3n) is 3.03. The van der Waals surface area contributed by atoms with Crippen molar-refractivity contribution in [3.8, 4) is 0 Å². The van der Waals surface area contributed by atoms with E-state index < -0.39 is 0 Å². The normalized spacial score (nSPS) is 16.3. The van der Waals surface area contributed by atoms with Gasteiger partial charge in [-0.15, -0.1) is 0 Å². The van der Waals surface area contributed by atoms with E-state index in [-0.39, 0.29) is 5.91 Å². The standard InChI is InChI=1S/C12H18N4OS/c1-13-11-8-14-10(7-15-11)12(17)16-6-9-2-4-18-5-3-9/h7-9H,2-6H2,1H3,(H,13,15)(H,16,17). The van der Waals surface area contributed by atoms with Gasteiger partial charge in [0.25, 0.3) is 5.91 Å². The highest BCUT2D eigenvalue weighted by Crippen LogP contribution is 2.21. The minimum atomic E-state index is -0.136. The average molecular weight is 266 g/mol. The molecular formula is C12H18N4OS. The van der Waals surface area contributed by atoms with Gasteiger partial charge < -0.3 is 10.6 Å². The number of nitrogens with one attached hydrogen (secondary N) is 2. The molecule has 1 saturated heterocycles. The Balaban J connectivity index is 1.82. The first-order valence-corrected chi connectivity index (χ1v) is 7.31. The second kappa shape index (κ2) is 6.58. The zero-order chi connectivity index (χ0) is 12.8. The number of hydrogen-bond acceptors (Lipinski definition) is 5. The van der Waals surface area contributed by atoms with E-state index in [4.69, 9.17) is 0 Å². The van der Waals surface area contributed by atoms with E-state index in [1.165, 1.54) is 30.5 Å². The SMILES string of the molecule is CNc1cnc(C(=O)NCC2CCSCC2)cn1. The molecule has 1 fully saturated rings. The second-order valence-corrected chi connectivity index (χ2v) is 5.53. The van der Waals surface area contributed by atoms with Gasteiger partial charge in [0.2, 0.25) is 0 Å². The highest BCUT2D eigenvalue weighted by atomic mass is 32.2. The zero-order valence-electron chi connectivity index (χ0n) is 10.5. The van der Waals surface area contributed by atoms with Gasteiger partial charge in [0.1, 0.15) is 11.5 Å². The molecule has 5 nitrogen and oxygen atoms in total. The Morgan fingerprint density at radius 1 is 1.39 bits per heavy atom. The summed E-state index contributed by atoms with van der Waals surface area (Å²) in [5.74, 6) is 3.55. The van der Waals surface area contributed by atoms with Crippen LogP contribution in [0.1, 0.15) is 23.3 Å². The molecule has 0 spiro atoms. The second-order valence-electron chi connectivity index (χ2n) is 4.30. The molecule has 2 N–H and O–H groups in total. The Morgan fingerprint density at radius 2 is 2.17 bits per heavy atom. The van der Waals surface area contributed by atoms with Gasteiger partial charge in [0.05, 0.1) is 12.4 Å². The van der Waals surface area contributed by atoms with E-state index in [1.54, 1.807) is 13.2 Å². The van der Waals surface area contributed by atoms with Crippen molar-refractivity contribution in [3.05, 3.63) is 18.1 Å². The van der Waals surface area contributed by atoms with Crippen LogP contribution < -0.4 is 10.6 Å². The first-order chi connectivity index (χ1) is 8.79. The van der Waals surface area contributed by atoms with Crippen LogP contribution in [0.25, 0.3) is 0 Å². The Hall–Kier alpha value is -1.30. The Kier molecular flexibility index (Phi) is 4.81. The Morgan fingerprint density at radius 3 is 2.78 bits per heavy atom. The summed E-state index contributed by atoms with van der Waals surface area (Å²) in [6, 6.07) is 0. The topological polar surface area (TPSA) is 66.9 Å². The highest BCUT2D eigenvalue weighted by molar-refractivity contribution is 7.99. The molecule has 0 radical (unpaired) electrons. The van der Waals surface area contributed by atoms with E-state index in [9.17, 15) is 4.79 Å². The van der Waals surface area contributed by atoms with Crippen LogP contribution in [0.15, 0.2) is 12.4 Å². The van der Waals surface area contributed by atoms with Crippen LogP contribution in [0, 0.1) is 5.92 Å². The van der Waals surface area contributed by atoms with Crippen LogP contribution in [-0.4, -0.2) is 41.0 Å². The van der Waals surface area contributed by atoms with E-state index in [1.807, 2.05) is 11.8 Å². The van der Waals surface area contributed by atoms with E-state index >= 15 is 0 Å². The molecule has 0 bridgehead atoms. The number of hydrogen-bond donors (Lipinski definition) is 2. The van der Waals surface area contributed by atoms with Crippen LogP contribution in [0.3, 0.4) is 0 Å². The maximum Gasteiger partial charge on any atom is 0.271 e. The van der Waals surface area contributed by atoms with Crippen molar-refractivity contribution in [2.45, 2.75) is 12.8 Å². The molecular weight excluding hydrogens is 248 g/mol. The van der Waals surface area contributed by atoms with Gasteiger partial charge in [-0.2, -0.15) is 11.8 Å². The lowest BCUT2D eigenvalue weighted by atomic mass is 10.0. The maximum absolute atomic E-state index is 11.8. The number of thioether (sulfide) groups is 1. The fraction of sp³-hybridized carbons (Fsp3) is 0.583.